The summed E-state index contributed by atoms with van der Waals surface area (Å²) in [6, 6.07) is 5.57. The van der Waals surface area contributed by atoms with Gasteiger partial charge in [-0.05, 0) is 44.4 Å². The lowest BCUT2D eigenvalue weighted by atomic mass is 9.98. The lowest BCUT2D eigenvalue weighted by Gasteiger charge is -2.22. The summed E-state index contributed by atoms with van der Waals surface area (Å²) >= 11 is 6.80. The number of nitrogens with zero attached hydrogens (tertiary/aromatic N) is 1. The molecule has 0 bridgehead atoms. The van der Waals surface area contributed by atoms with Crippen LogP contribution in [0.1, 0.15) is 36.5 Å². The van der Waals surface area contributed by atoms with Crippen LogP contribution in [0.4, 0.5) is 0 Å². The van der Waals surface area contributed by atoms with Crippen molar-refractivity contribution in [3.8, 4) is 0 Å². The molecular formula is C14H17Br2NO2. The number of hydrogen-bond acceptors (Lipinski definition) is 2. The SMILES string of the molecule is CC1(O)CCCN(C(=O)c2cc(Br)cc(Br)c2)CC1. The Kier molecular flexibility index (Phi) is 4.69. The van der Waals surface area contributed by atoms with Gasteiger partial charge in [0.2, 0.25) is 0 Å². The summed E-state index contributed by atoms with van der Waals surface area (Å²) in [5.41, 5.74) is 0.0233. The minimum Gasteiger partial charge on any atom is -0.390 e. The monoisotopic (exact) mass is 389 g/mol. The normalized spacial score (nSPS) is 24.1. The summed E-state index contributed by atoms with van der Waals surface area (Å²) in [4.78, 5) is 14.3. The topological polar surface area (TPSA) is 40.5 Å². The van der Waals surface area contributed by atoms with Crippen molar-refractivity contribution in [1.82, 2.24) is 4.90 Å². The third-order valence-corrected chi connectivity index (χ3v) is 4.38. The Bertz CT molecular complexity index is 468. The second-order valence-electron chi connectivity index (χ2n) is 5.30. The molecule has 0 spiro atoms. The standard InChI is InChI=1S/C14H17Br2NO2/c1-14(19)3-2-5-17(6-4-14)13(18)10-7-11(15)9-12(16)8-10/h7-9,19H,2-6H2,1H3. The Labute approximate surface area is 130 Å². The predicted molar refractivity (Wildman–Crippen MR) is 82.2 cm³/mol. The molecule has 19 heavy (non-hydrogen) atoms. The first-order valence-electron chi connectivity index (χ1n) is 6.35. The van der Waals surface area contributed by atoms with Crippen LogP contribution in [0.5, 0.6) is 0 Å². The highest BCUT2D eigenvalue weighted by Crippen LogP contribution is 2.25. The summed E-state index contributed by atoms with van der Waals surface area (Å²) in [5.74, 6) is 0.0275. The van der Waals surface area contributed by atoms with E-state index in [-0.39, 0.29) is 5.91 Å². The molecule has 1 heterocycles. The van der Waals surface area contributed by atoms with Crippen LogP contribution >= 0.6 is 31.9 Å². The van der Waals surface area contributed by atoms with Gasteiger partial charge in [-0.3, -0.25) is 4.79 Å². The van der Waals surface area contributed by atoms with Crippen molar-refractivity contribution < 1.29 is 9.90 Å². The van der Waals surface area contributed by atoms with Crippen LogP contribution in [0.2, 0.25) is 0 Å². The molecule has 1 aliphatic rings. The fourth-order valence-corrected chi connectivity index (χ4v) is 3.62. The number of rotatable bonds is 1. The van der Waals surface area contributed by atoms with Gasteiger partial charge < -0.3 is 10.0 Å². The third-order valence-electron chi connectivity index (χ3n) is 3.46. The Hall–Kier alpha value is -0.390. The summed E-state index contributed by atoms with van der Waals surface area (Å²) in [6.07, 6.45) is 2.22. The largest absolute Gasteiger partial charge is 0.390 e. The second-order valence-corrected chi connectivity index (χ2v) is 7.13. The van der Waals surface area contributed by atoms with Gasteiger partial charge in [0.15, 0.2) is 0 Å². The lowest BCUT2D eigenvalue weighted by molar-refractivity contribution is 0.0438. The Morgan fingerprint density at radius 1 is 1.21 bits per heavy atom. The zero-order valence-electron chi connectivity index (χ0n) is 10.8. The van der Waals surface area contributed by atoms with E-state index in [1.54, 1.807) is 0 Å². The molecular weight excluding hydrogens is 374 g/mol. The Morgan fingerprint density at radius 3 is 2.47 bits per heavy atom. The van der Waals surface area contributed by atoms with Crippen LogP contribution in [0, 0.1) is 0 Å². The first-order valence-corrected chi connectivity index (χ1v) is 7.94. The maximum absolute atomic E-state index is 12.5. The van der Waals surface area contributed by atoms with E-state index in [4.69, 9.17) is 0 Å². The minimum absolute atomic E-state index is 0.0275. The van der Waals surface area contributed by atoms with Gasteiger partial charge in [0.05, 0.1) is 5.60 Å². The van der Waals surface area contributed by atoms with Crippen molar-refractivity contribution in [2.45, 2.75) is 31.8 Å². The number of carbonyl (C=O) groups excluding carboxylic acids is 1. The first kappa shape index (κ1) is 15.0. The molecule has 3 nitrogen and oxygen atoms in total. The average molecular weight is 391 g/mol. The maximum Gasteiger partial charge on any atom is 0.253 e. The smallest absolute Gasteiger partial charge is 0.253 e. The maximum atomic E-state index is 12.5. The van der Waals surface area contributed by atoms with E-state index in [1.165, 1.54) is 0 Å². The highest BCUT2D eigenvalue weighted by Gasteiger charge is 2.27. The summed E-state index contributed by atoms with van der Waals surface area (Å²) < 4.78 is 1.76. The van der Waals surface area contributed by atoms with E-state index in [0.29, 0.717) is 25.1 Å². The second kappa shape index (κ2) is 5.94. The quantitative estimate of drug-likeness (QED) is 0.795. The average Bonchev–Trinajstić information content (AvgIpc) is 2.48. The molecule has 1 N–H and O–H groups in total. The lowest BCUT2D eigenvalue weighted by Crippen LogP contribution is -2.33. The van der Waals surface area contributed by atoms with E-state index < -0.39 is 5.60 Å². The van der Waals surface area contributed by atoms with Crippen molar-refractivity contribution in [1.29, 1.82) is 0 Å². The number of amides is 1. The molecule has 1 aromatic rings. The van der Waals surface area contributed by atoms with Gasteiger partial charge in [-0.25, -0.2) is 0 Å². The predicted octanol–water partition coefficient (Wildman–Crippen LogP) is 3.59. The van der Waals surface area contributed by atoms with E-state index >= 15 is 0 Å². The van der Waals surface area contributed by atoms with Crippen LogP contribution in [-0.4, -0.2) is 34.6 Å². The van der Waals surface area contributed by atoms with E-state index in [0.717, 1.165) is 21.8 Å². The van der Waals surface area contributed by atoms with Crippen LogP contribution < -0.4 is 0 Å². The van der Waals surface area contributed by atoms with Crippen molar-refractivity contribution in [2.75, 3.05) is 13.1 Å². The molecule has 1 fully saturated rings. The molecule has 1 aliphatic heterocycles. The molecule has 1 atom stereocenters. The van der Waals surface area contributed by atoms with Gasteiger partial charge in [-0.15, -0.1) is 0 Å². The highest BCUT2D eigenvalue weighted by atomic mass is 79.9. The number of likely N-dealkylation sites (tertiary alicyclic amines) is 1. The molecule has 1 unspecified atom stereocenters. The van der Waals surface area contributed by atoms with Crippen LogP contribution in [-0.2, 0) is 0 Å². The third kappa shape index (κ3) is 4.04. The Morgan fingerprint density at radius 2 is 1.84 bits per heavy atom. The van der Waals surface area contributed by atoms with Crippen molar-refractivity contribution in [3.05, 3.63) is 32.7 Å². The van der Waals surface area contributed by atoms with E-state index in [1.807, 2.05) is 30.0 Å². The molecule has 0 radical (unpaired) electrons. The first-order chi connectivity index (χ1) is 8.87. The molecule has 104 valence electrons. The van der Waals surface area contributed by atoms with E-state index in [2.05, 4.69) is 31.9 Å². The van der Waals surface area contributed by atoms with Crippen molar-refractivity contribution in [2.24, 2.45) is 0 Å². The van der Waals surface area contributed by atoms with Crippen molar-refractivity contribution in [3.63, 3.8) is 0 Å². The fourth-order valence-electron chi connectivity index (χ4n) is 2.33. The molecule has 1 amide bonds. The highest BCUT2D eigenvalue weighted by molar-refractivity contribution is 9.11. The van der Waals surface area contributed by atoms with Gasteiger partial charge in [0.1, 0.15) is 0 Å². The van der Waals surface area contributed by atoms with Crippen LogP contribution in [0.15, 0.2) is 27.1 Å². The van der Waals surface area contributed by atoms with Crippen LogP contribution in [0.3, 0.4) is 0 Å². The number of carbonyl (C=O) groups is 1. The zero-order chi connectivity index (χ0) is 14.0. The van der Waals surface area contributed by atoms with Gasteiger partial charge in [-0.1, -0.05) is 31.9 Å². The fraction of sp³-hybridized carbons (Fsp3) is 0.500. The minimum atomic E-state index is -0.646. The molecule has 0 aliphatic carbocycles. The Balaban J connectivity index is 2.15. The molecule has 2 rings (SSSR count). The summed E-state index contributed by atoms with van der Waals surface area (Å²) in [6.45, 7) is 3.16. The van der Waals surface area contributed by atoms with E-state index in [9.17, 15) is 9.90 Å². The molecule has 1 saturated heterocycles. The summed E-state index contributed by atoms with van der Waals surface area (Å²) in [7, 11) is 0. The van der Waals surface area contributed by atoms with Gasteiger partial charge >= 0.3 is 0 Å². The van der Waals surface area contributed by atoms with Gasteiger partial charge in [0.25, 0.3) is 5.91 Å². The number of halogens is 2. The zero-order valence-corrected chi connectivity index (χ0v) is 14.0. The van der Waals surface area contributed by atoms with Gasteiger partial charge in [-0.2, -0.15) is 0 Å². The van der Waals surface area contributed by atoms with Crippen LogP contribution in [0.25, 0.3) is 0 Å². The number of aliphatic hydroxyl groups is 1. The molecule has 1 aromatic carbocycles. The number of benzene rings is 1. The molecule has 5 heteroatoms. The summed E-state index contributed by atoms with van der Waals surface area (Å²) in [5, 5.41) is 10.1. The molecule has 0 aromatic heterocycles. The number of hydrogen-bond donors (Lipinski definition) is 1. The van der Waals surface area contributed by atoms with Gasteiger partial charge in [0, 0.05) is 27.6 Å². The van der Waals surface area contributed by atoms with Crippen molar-refractivity contribution >= 4 is 37.8 Å². The molecule has 0 saturated carbocycles.